The fourth-order valence-electron chi connectivity index (χ4n) is 3.63. The number of carboxylic acid groups (broad SMARTS) is 1. The first-order chi connectivity index (χ1) is 17.4. The first-order valence-electron chi connectivity index (χ1n) is 11.2. The maximum Gasteiger partial charge on any atom is 0.335 e. The first-order valence-corrected chi connectivity index (χ1v) is 12.1. The lowest BCUT2D eigenvalue weighted by molar-refractivity contribution is -0.115. The number of benzene rings is 3. The van der Waals surface area contributed by atoms with Crippen LogP contribution in [0.5, 0.6) is 0 Å². The number of carbonyl (C=O) groups excluding carboxylic acids is 1. The van der Waals surface area contributed by atoms with Crippen LogP contribution >= 0.6 is 11.8 Å². The maximum absolute atomic E-state index is 13.0. The number of amides is 1. The summed E-state index contributed by atoms with van der Waals surface area (Å²) in [6, 6.07) is 27.9. The van der Waals surface area contributed by atoms with Crippen LogP contribution in [0.1, 0.15) is 28.4 Å². The van der Waals surface area contributed by atoms with Gasteiger partial charge in [-0.1, -0.05) is 78.0 Å². The van der Waals surface area contributed by atoms with Gasteiger partial charge in [-0.15, -0.1) is 0 Å². The number of carbonyl (C=O) groups is 2. The third-order valence-electron chi connectivity index (χ3n) is 5.56. The zero-order valence-corrected chi connectivity index (χ0v) is 20.5. The predicted molar refractivity (Wildman–Crippen MR) is 142 cm³/mol. The highest BCUT2D eigenvalue weighted by Gasteiger charge is 2.22. The molecule has 0 saturated heterocycles. The highest BCUT2D eigenvalue weighted by atomic mass is 32.2. The Balaban J connectivity index is 1.70. The minimum absolute atomic E-state index is 0.0832. The highest BCUT2D eigenvalue weighted by Crippen LogP contribution is 2.36. The number of carboxylic acids is 1. The Labute approximate surface area is 213 Å². The van der Waals surface area contributed by atoms with Crippen LogP contribution in [0.2, 0.25) is 0 Å². The minimum Gasteiger partial charge on any atom is -0.478 e. The number of anilines is 1. The van der Waals surface area contributed by atoms with Crippen LogP contribution < -0.4 is 5.32 Å². The summed E-state index contributed by atoms with van der Waals surface area (Å²) >= 11 is 1.19. The van der Waals surface area contributed by atoms with Gasteiger partial charge in [-0.2, -0.15) is 5.26 Å². The summed E-state index contributed by atoms with van der Waals surface area (Å²) in [5.74, 6) is -1.40. The van der Waals surface area contributed by atoms with Gasteiger partial charge in [-0.3, -0.25) is 4.79 Å². The molecule has 1 aromatic heterocycles. The van der Waals surface area contributed by atoms with Crippen molar-refractivity contribution in [2.24, 2.45) is 0 Å². The lowest BCUT2D eigenvalue weighted by Crippen LogP contribution is -2.23. The third kappa shape index (κ3) is 5.62. The van der Waals surface area contributed by atoms with E-state index in [4.69, 9.17) is 4.98 Å². The Kier molecular flexibility index (Phi) is 7.47. The van der Waals surface area contributed by atoms with Gasteiger partial charge in [0.2, 0.25) is 5.91 Å². The van der Waals surface area contributed by atoms with Gasteiger partial charge >= 0.3 is 5.97 Å². The Morgan fingerprint density at radius 1 is 0.972 bits per heavy atom. The fourth-order valence-corrected chi connectivity index (χ4v) is 4.55. The molecule has 1 heterocycles. The van der Waals surface area contributed by atoms with E-state index in [-0.39, 0.29) is 11.5 Å². The molecule has 6 nitrogen and oxygen atoms in total. The van der Waals surface area contributed by atoms with Gasteiger partial charge in [0.05, 0.1) is 22.1 Å². The van der Waals surface area contributed by atoms with Crippen LogP contribution in [-0.2, 0) is 4.79 Å². The van der Waals surface area contributed by atoms with Crippen molar-refractivity contribution in [3.05, 3.63) is 102 Å². The SMILES string of the molecule is Cc1ccc(-c2cc(-c3ccccc3)nc(SC(C)C(=O)Nc3cccc(C(=O)O)c3)c2C#N)cc1. The number of aryl methyl sites for hydroxylation is 1. The number of rotatable bonds is 7. The molecule has 1 amide bonds. The molecule has 0 saturated carbocycles. The van der Waals surface area contributed by atoms with Crippen molar-refractivity contribution in [2.45, 2.75) is 24.1 Å². The lowest BCUT2D eigenvalue weighted by atomic mass is 9.98. The van der Waals surface area contributed by atoms with Crippen LogP contribution in [0.3, 0.4) is 0 Å². The summed E-state index contributed by atoms with van der Waals surface area (Å²) in [5.41, 5.74) is 5.22. The average Bonchev–Trinajstić information content (AvgIpc) is 2.89. The zero-order valence-electron chi connectivity index (χ0n) is 19.7. The van der Waals surface area contributed by atoms with Crippen molar-refractivity contribution in [1.82, 2.24) is 4.98 Å². The van der Waals surface area contributed by atoms with E-state index in [1.165, 1.54) is 23.9 Å². The summed E-state index contributed by atoms with van der Waals surface area (Å²) in [4.78, 5) is 29.0. The second-order valence-corrected chi connectivity index (χ2v) is 9.54. The molecule has 7 heteroatoms. The minimum atomic E-state index is -1.07. The molecule has 2 N–H and O–H groups in total. The molecule has 0 aliphatic heterocycles. The van der Waals surface area contributed by atoms with Crippen LogP contribution in [-0.4, -0.2) is 27.2 Å². The Morgan fingerprint density at radius 3 is 2.36 bits per heavy atom. The number of aromatic nitrogens is 1. The molecule has 0 spiro atoms. The standard InChI is InChI=1S/C29H23N3O3S/c1-18-11-13-20(14-12-18)24-16-26(21-7-4-3-5-8-21)32-28(25(24)17-30)36-19(2)27(33)31-23-10-6-9-22(15-23)29(34)35/h3-16,19H,1-2H3,(H,31,33)(H,34,35). The van der Waals surface area contributed by atoms with Crippen molar-refractivity contribution in [2.75, 3.05) is 5.32 Å². The summed E-state index contributed by atoms with van der Waals surface area (Å²) in [7, 11) is 0. The molecule has 0 fully saturated rings. The van der Waals surface area contributed by atoms with E-state index in [0.29, 0.717) is 22.0 Å². The first kappa shape index (κ1) is 24.7. The van der Waals surface area contributed by atoms with E-state index in [2.05, 4.69) is 11.4 Å². The molecule has 0 aliphatic carbocycles. The normalized spacial score (nSPS) is 11.4. The number of hydrogen-bond donors (Lipinski definition) is 2. The van der Waals surface area contributed by atoms with Crippen LogP contribution in [0.25, 0.3) is 22.4 Å². The zero-order chi connectivity index (χ0) is 25.7. The highest BCUT2D eigenvalue weighted by molar-refractivity contribution is 8.00. The molecular weight excluding hydrogens is 470 g/mol. The van der Waals surface area contributed by atoms with Gasteiger partial charge < -0.3 is 10.4 Å². The summed E-state index contributed by atoms with van der Waals surface area (Å²) < 4.78 is 0. The number of thioether (sulfide) groups is 1. The van der Waals surface area contributed by atoms with E-state index >= 15 is 0 Å². The monoisotopic (exact) mass is 493 g/mol. The number of hydrogen-bond acceptors (Lipinski definition) is 5. The number of nitrogens with zero attached hydrogens (tertiary/aromatic N) is 2. The van der Waals surface area contributed by atoms with Crippen molar-refractivity contribution in [3.8, 4) is 28.5 Å². The van der Waals surface area contributed by atoms with E-state index in [1.54, 1.807) is 19.1 Å². The van der Waals surface area contributed by atoms with Gasteiger partial charge in [-0.25, -0.2) is 9.78 Å². The van der Waals surface area contributed by atoms with Gasteiger partial charge in [-0.05, 0) is 43.7 Å². The second kappa shape index (κ2) is 10.9. The topological polar surface area (TPSA) is 103 Å². The van der Waals surface area contributed by atoms with Crippen LogP contribution in [0.15, 0.2) is 90.0 Å². The summed E-state index contributed by atoms with van der Waals surface area (Å²) in [6.45, 7) is 3.73. The van der Waals surface area contributed by atoms with E-state index in [1.807, 2.05) is 67.6 Å². The van der Waals surface area contributed by atoms with Crippen LogP contribution in [0.4, 0.5) is 5.69 Å². The molecule has 4 aromatic rings. The maximum atomic E-state index is 13.0. The van der Waals surface area contributed by atoms with Crippen molar-refractivity contribution in [1.29, 1.82) is 5.26 Å². The predicted octanol–water partition coefficient (Wildman–Crippen LogP) is 6.41. The quantitative estimate of drug-likeness (QED) is 0.288. The molecule has 36 heavy (non-hydrogen) atoms. The molecule has 0 aliphatic rings. The molecule has 0 radical (unpaired) electrons. The fraction of sp³-hybridized carbons (Fsp3) is 0.103. The molecule has 3 aromatic carbocycles. The van der Waals surface area contributed by atoms with Crippen LogP contribution in [0, 0.1) is 18.3 Å². The average molecular weight is 494 g/mol. The Bertz CT molecular complexity index is 1460. The molecule has 1 atom stereocenters. The summed E-state index contributed by atoms with van der Waals surface area (Å²) in [6.07, 6.45) is 0. The molecule has 0 bridgehead atoms. The smallest absolute Gasteiger partial charge is 0.335 e. The van der Waals surface area contributed by atoms with Crippen molar-refractivity contribution in [3.63, 3.8) is 0 Å². The number of aromatic carboxylic acids is 1. The summed E-state index contributed by atoms with van der Waals surface area (Å²) in [5, 5.41) is 21.9. The van der Waals surface area contributed by atoms with Gasteiger partial charge in [0.1, 0.15) is 11.1 Å². The van der Waals surface area contributed by atoms with E-state index in [9.17, 15) is 20.0 Å². The van der Waals surface area contributed by atoms with Gasteiger partial charge in [0.25, 0.3) is 0 Å². The molecular formula is C29H23N3O3S. The number of nitrogens with one attached hydrogen (secondary N) is 1. The number of pyridine rings is 1. The third-order valence-corrected chi connectivity index (χ3v) is 6.65. The lowest BCUT2D eigenvalue weighted by Gasteiger charge is -2.16. The van der Waals surface area contributed by atoms with Crippen molar-refractivity contribution < 1.29 is 14.7 Å². The molecule has 178 valence electrons. The van der Waals surface area contributed by atoms with E-state index < -0.39 is 11.2 Å². The van der Waals surface area contributed by atoms with Crippen molar-refractivity contribution >= 4 is 29.3 Å². The Hall–Kier alpha value is -4.41. The molecule has 1 unspecified atom stereocenters. The Morgan fingerprint density at radius 2 is 1.69 bits per heavy atom. The second-order valence-electron chi connectivity index (χ2n) is 8.21. The largest absolute Gasteiger partial charge is 0.478 e. The van der Waals surface area contributed by atoms with Gasteiger partial charge in [0.15, 0.2) is 0 Å². The molecule has 4 rings (SSSR count). The number of nitriles is 1. The van der Waals surface area contributed by atoms with Gasteiger partial charge in [0, 0.05) is 16.8 Å². The van der Waals surface area contributed by atoms with E-state index in [0.717, 1.165) is 22.3 Å².